The first-order valence-electron chi connectivity index (χ1n) is 12.9. The van der Waals surface area contributed by atoms with Crippen molar-refractivity contribution in [2.75, 3.05) is 24.7 Å². The van der Waals surface area contributed by atoms with E-state index in [1.807, 2.05) is 0 Å². The maximum absolute atomic E-state index is 13.7. The van der Waals surface area contributed by atoms with Gasteiger partial charge in [-0.2, -0.15) is 4.98 Å². The number of rotatable bonds is 6. The number of fused-ring (bicyclic) bond motifs is 2. The summed E-state index contributed by atoms with van der Waals surface area (Å²) in [5.41, 5.74) is 2.33. The fourth-order valence-electron chi connectivity index (χ4n) is 4.85. The number of nitrogens with one attached hydrogen (secondary N) is 1. The SMILES string of the molecule is CNC(=O)c1c(-c2ccc(F)cc2)oc2cc(N(C)S(C)(=O)=O)c(-c3cc(-c4nc5ncccc5o4)c(=O)n(C)c3)cc12. The molecule has 2 aromatic carbocycles. The van der Waals surface area contributed by atoms with Gasteiger partial charge in [-0.05, 0) is 48.5 Å². The number of carbonyl (C=O) groups excluding carboxylic acids is 1. The third-order valence-electron chi connectivity index (χ3n) is 7.09. The van der Waals surface area contributed by atoms with Crippen LogP contribution in [0.1, 0.15) is 10.4 Å². The van der Waals surface area contributed by atoms with Gasteiger partial charge in [0.2, 0.25) is 15.9 Å². The molecule has 218 valence electrons. The quantitative estimate of drug-likeness (QED) is 0.293. The summed E-state index contributed by atoms with van der Waals surface area (Å²) < 4.78 is 53.5. The predicted molar refractivity (Wildman–Crippen MR) is 160 cm³/mol. The molecule has 1 amide bonds. The van der Waals surface area contributed by atoms with Gasteiger partial charge in [0.15, 0.2) is 11.2 Å². The highest BCUT2D eigenvalue weighted by Crippen LogP contribution is 2.41. The lowest BCUT2D eigenvalue weighted by atomic mass is 9.98. The lowest BCUT2D eigenvalue weighted by Crippen LogP contribution is -2.25. The molecule has 0 radical (unpaired) electrons. The van der Waals surface area contributed by atoms with Crippen LogP contribution in [0.15, 0.2) is 80.6 Å². The summed E-state index contributed by atoms with van der Waals surface area (Å²) in [6.07, 6.45) is 4.16. The zero-order chi connectivity index (χ0) is 30.6. The molecule has 11 nitrogen and oxygen atoms in total. The van der Waals surface area contributed by atoms with E-state index < -0.39 is 27.3 Å². The van der Waals surface area contributed by atoms with E-state index in [1.54, 1.807) is 43.7 Å². The van der Waals surface area contributed by atoms with E-state index in [2.05, 4.69) is 15.3 Å². The molecule has 0 atom stereocenters. The van der Waals surface area contributed by atoms with Gasteiger partial charge in [0.25, 0.3) is 11.5 Å². The van der Waals surface area contributed by atoms with E-state index in [1.165, 1.54) is 49.0 Å². The molecule has 0 bridgehead atoms. The van der Waals surface area contributed by atoms with Gasteiger partial charge in [-0.15, -0.1) is 0 Å². The van der Waals surface area contributed by atoms with Gasteiger partial charge in [-0.3, -0.25) is 13.9 Å². The minimum Gasteiger partial charge on any atom is -0.455 e. The Morgan fingerprint density at radius 1 is 1.02 bits per heavy atom. The maximum atomic E-state index is 13.7. The number of aryl methyl sites for hydroxylation is 1. The molecule has 4 heterocycles. The van der Waals surface area contributed by atoms with Crippen molar-refractivity contribution in [3.63, 3.8) is 0 Å². The molecule has 0 unspecified atom stereocenters. The van der Waals surface area contributed by atoms with Crippen LogP contribution in [-0.4, -0.2) is 49.2 Å². The first-order valence-corrected chi connectivity index (χ1v) is 14.8. The van der Waals surface area contributed by atoms with Gasteiger partial charge in [0.05, 0.1) is 17.5 Å². The van der Waals surface area contributed by atoms with Gasteiger partial charge in [-0.1, -0.05) is 0 Å². The molecule has 0 aliphatic rings. The first-order chi connectivity index (χ1) is 20.5. The van der Waals surface area contributed by atoms with Crippen molar-refractivity contribution >= 4 is 43.8 Å². The van der Waals surface area contributed by atoms with Crippen LogP contribution in [0.5, 0.6) is 0 Å². The minimum absolute atomic E-state index is 0.0446. The molecule has 0 aliphatic heterocycles. The zero-order valence-electron chi connectivity index (χ0n) is 23.4. The van der Waals surface area contributed by atoms with E-state index in [4.69, 9.17) is 8.83 Å². The molecule has 0 fully saturated rings. The zero-order valence-corrected chi connectivity index (χ0v) is 24.2. The Hall–Kier alpha value is -5.30. The summed E-state index contributed by atoms with van der Waals surface area (Å²) in [6, 6.07) is 13.5. The summed E-state index contributed by atoms with van der Waals surface area (Å²) in [4.78, 5) is 34.9. The maximum Gasteiger partial charge on any atom is 0.263 e. The summed E-state index contributed by atoms with van der Waals surface area (Å²) in [6.45, 7) is 0. The van der Waals surface area contributed by atoms with Crippen LogP contribution in [0.3, 0.4) is 0 Å². The van der Waals surface area contributed by atoms with Crippen molar-refractivity contribution < 1.29 is 26.4 Å². The standard InChI is InChI=1S/C30H24FN5O6S/c1-32-28(37)25-20-13-19(17-12-21(30(38)35(2)15-17)29-34-27-23(42-29)6-5-11-33-27)22(36(3)43(4,39)40)14-24(20)41-26(25)16-7-9-18(31)10-8-16/h5-15H,1-4H3,(H,32,37). The number of halogens is 1. The lowest BCUT2D eigenvalue weighted by molar-refractivity contribution is 0.0964. The number of oxazole rings is 1. The molecule has 43 heavy (non-hydrogen) atoms. The number of hydrogen-bond donors (Lipinski definition) is 1. The van der Waals surface area contributed by atoms with Gasteiger partial charge in [-0.25, -0.2) is 17.8 Å². The Labute approximate surface area is 244 Å². The van der Waals surface area contributed by atoms with Crippen LogP contribution in [0, 0.1) is 5.82 Å². The molecule has 0 saturated carbocycles. The monoisotopic (exact) mass is 601 g/mol. The van der Waals surface area contributed by atoms with E-state index in [-0.39, 0.29) is 34.0 Å². The van der Waals surface area contributed by atoms with Crippen molar-refractivity contribution in [3.05, 3.63) is 88.7 Å². The molecule has 1 N–H and O–H groups in total. The molecule has 6 aromatic rings. The molecule has 0 aliphatic carbocycles. The average molecular weight is 602 g/mol. The van der Waals surface area contributed by atoms with Crippen molar-refractivity contribution in [1.82, 2.24) is 19.9 Å². The topological polar surface area (TPSA) is 141 Å². The number of hydrogen-bond acceptors (Lipinski definition) is 8. The largest absolute Gasteiger partial charge is 0.455 e. The van der Waals surface area contributed by atoms with Gasteiger partial charge in [0, 0.05) is 61.7 Å². The van der Waals surface area contributed by atoms with Crippen molar-refractivity contribution in [1.29, 1.82) is 0 Å². The van der Waals surface area contributed by atoms with Crippen molar-refractivity contribution in [2.24, 2.45) is 7.05 Å². The normalized spacial score (nSPS) is 11.7. The molecule has 4 aromatic heterocycles. The number of carbonyl (C=O) groups is 1. The number of sulfonamides is 1. The number of amides is 1. The second-order valence-electron chi connectivity index (χ2n) is 9.89. The number of pyridine rings is 2. The van der Waals surface area contributed by atoms with Gasteiger partial charge >= 0.3 is 0 Å². The van der Waals surface area contributed by atoms with Crippen LogP contribution >= 0.6 is 0 Å². The van der Waals surface area contributed by atoms with Crippen molar-refractivity contribution in [2.45, 2.75) is 0 Å². The highest BCUT2D eigenvalue weighted by atomic mass is 32.2. The molecule has 0 spiro atoms. The third-order valence-corrected chi connectivity index (χ3v) is 8.28. The van der Waals surface area contributed by atoms with E-state index in [0.717, 1.165) is 10.6 Å². The van der Waals surface area contributed by atoms with Crippen LogP contribution in [0.25, 0.3) is 56.1 Å². The van der Waals surface area contributed by atoms with Crippen LogP contribution in [-0.2, 0) is 17.1 Å². The predicted octanol–water partition coefficient (Wildman–Crippen LogP) is 4.56. The number of nitrogens with zero attached hydrogens (tertiary/aromatic N) is 4. The number of anilines is 1. The number of benzene rings is 2. The Kier molecular flexibility index (Phi) is 6.61. The lowest BCUT2D eigenvalue weighted by Gasteiger charge is -2.21. The Balaban J connectivity index is 1.66. The minimum atomic E-state index is -3.77. The summed E-state index contributed by atoms with van der Waals surface area (Å²) in [5, 5.41) is 2.99. The summed E-state index contributed by atoms with van der Waals surface area (Å²) >= 11 is 0. The van der Waals surface area contributed by atoms with Crippen LogP contribution in [0.4, 0.5) is 10.1 Å². The second kappa shape index (κ2) is 10.2. The molecule has 0 saturated heterocycles. The van der Waals surface area contributed by atoms with Crippen molar-refractivity contribution in [3.8, 4) is 33.9 Å². The highest BCUT2D eigenvalue weighted by molar-refractivity contribution is 7.92. The molecule has 6 rings (SSSR count). The molecule has 13 heteroatoms. The fraction of sp³-hybridized carbons (Fsp3) is 0.133. The number of furan rings is 1. The average Bonchev–Trinajstić information content (AvgIpc) is 3.58. The Morgan fingerprint density at radius 2 is 1.77 bits per heavy atom. The van der Waals surface area contributed by atoms with Crippen LogP contribution in [0.2, 0.25) is 0 Å². The summed E-state index contributed by atoms with van der Waals surface area (Å²) in [5.74, 6) is -0.697. The first kappa shape index (κ1) is 27.8. The van der Waals surface area contributed by atoms with E-state index >= 15 is 0 Å². The van der Waals surface area contributed by atoms with Crippen LogP contribution < -0.4 is 15.2 Å². The fourth-order valence-corrected chi connectivity index (χ4v) is 5.36. The Bertz CT molecular complexity index is 2200. The van der Waals surface area contributed by atoms with Gasteiger partial charge in [0.1, 0.15) is 22.7 Å². The van der Waals surface area contributed by atoms with E-state index in [0.29, 0.717) is 33.3 Å². The molecular formula is C30H24FN5O6S. The highest BCUT2D eigenvalue weighted by Gasteiger charge is 2.27. The third kappa shape index (κ3) is 4.83. The summed E-state index contributed by atoms with van der Waals surface area (Å²) in [7, 11) is 0.636. The number of aromatic nitrogens is 3. The Morgan fingerprint density at radius 3 is 2.44 bits per heavy atom. The second-order valence-corrected chi connectivity index (χ2v) is 11.9. The molecular weight excluding hydrogens is 577 g/mol. The smallest absolute Gasteiger partial charge is 0.263 e. The van der Waals surface area contributed by atoms with Gasteiger partial charge < -0.3 is 18.7 Å². The van der Waals surface area contributed by atoms with E-state index in [9.17, 15) is 22.4 Å².